The van der Waals surface area contributed by atoms with Crippen molar-refractivity contribution in [2.75, 3.05) is 0 Å². The molecule has 0 fully saturated rings. The van der Waals surface area contributed by atoms with Crippen LogP contribution in [0.5, 0.6) is 0 Å². The van der Waals surface area contributed by atoms with Gasteiger partial charge in [-0.25, -0.2) is 19.9 Å². The summed E-state index contributed by atoms with van der Waals surface area (Å²) in [4.78, 5) is 23.9. The molecule has 6 aromatic heterocycles. The van der Waals surface area contributed by atoms with Gasteiger partial charge in [0.2, 0.25) is 0 Å². The van der Waals surface area contributed by atoms with Crippen molar-refractivity contribution >= 4 is 64.5 Å². The van der Waals surface area contributed by atoms with Crippen molar-refractivity contribution in [3.05, 3.63) is 68.8 Å². The topological polar surface area (TPSA) is 77.3 Å². The summed E-state index contributed by atoms with van der Waals surface area (Å²) in [5.74, 6) is 0. The summed E-state index contributed by atoms with van der Waals surface area (Å²) in [6, 6.07) is 0. The van der Waals surface area contributed by atoms with E-state index < -0.39 is 0 Å². The molecule has 0 atom stereocenters. The van der Waals surface area contributed by atoms with Gasteiger partial charge in [-0.1, -0.05) is 96.9 Å². The molecule has 0 spiro atoms. The summed E-state index contributed by atoms with van der Waals surface area (Å²) >= 11 is 5.59. The molecule has 0 amide bonds. The van der Waals surface area contributed by atoms with Crippen LogP contribution in [0.3, 0.4) is 0 Å². The van der Waals surface area contributed by atoms with E-state index in [1.807, 2.05) is 58.8 Å². The highest BCUT2D eigenvalue weighted by Gasteiger charge is 2.44. The minimum atomic E-state index is -0.177. The second-order valence-corrected chi connectivity index (χ2v) is 21.7. The van der Waals surface area contributed by atoms with Crippen LogP contribution in [-0.2, 0) is 32.5 Å². The summed E-state index contributed by atoms with van der Waals surface area (Å²) in [5.41, 5.74) is 4.61. The zero-order chi connectivity index (χ0) is 35.9. The van der Waals surface area contributed by atoms with Crippen LogP contribution in [0.15, 0.2) is 37.4 Å². The fraction of sp³-hybridized carbons (Fsp3) is 0.550. The summed E-state index contributed by atoms with van der Waals surface area (Å²) in [6.07, 6.45) is 13.2. The van der Waals surface area contributed by atoms with Gasteiger partial charge in [0, 0.05) is 48.6 Å². The molecule has 0 N–H and O–H groups in total. The fourth-order valence-electron chi connectivity index (χ4n) is 8.62. The molecular formula is C40H52N6S3. The van der Waals surface area contributed by atoms with Crippen LogP contribution in [-0.4, -0.2) is 30.1 Å². The Bertz CT molecular complexity index is 2170. The second-order valence-electron chi connectivity index (χ2n) is 18.6. The van der Waals surface area contributed by atoms with Crippen molar-refractivity contribution in [2.24, 2.45) is 0 Å². The van der Waals surface area contributed by atoms with Crippen LogP contribution in [0.1, 0.15) is 141 Å². The molecule has 0 aliphatic carbocycles. The van der Waals surface area contributed by atoms with Crippen LogP contribution in [0, 0.1) is 0 Å². The van der Waals surface area contributed by atoms with Crippen molar-refractivity contribution in [3.63, 3.8) is 0 Å². The third-order valence-corrected chi connectivity index (χ3v) is 14.4. The Balaban J connectivity index is 1.47. The lowest BCUT2D eigenvalue weighted by atomic mass is 9.64. The molecule has 6 nitrogen and oxygen atoms in total. The Kier molecular flexibility index (Phi) is 8.68. The zero-order valence-corrected chi connectivity index (χ0v) is 34.2. The normalized spacial score (nSPS) is 14.1. The van der Waals surface area contributed by atoms with E-state index in [4.69, 9.17) is 9.97 Å². The number of aromatic nitrogens is 6. The van der Waals surface area contributed by atoms with Crippen molar-refractivity contribution in [1.82, 2.24) is 30.1 Å². The maximum Gasteiger partial charge on any atom is 0.127 e. The van der Waals surface area contributed by atoms with Crippen LogP contribution in [0.25, 0.3) is 30.5 Å². The van der Waals surface area contributed by atoms with Crippen LogP contribution in [0.4, 0.5) is 0 Å². The zero-order valence-electron chi connectivity index (χ0n) is 31.8. The highest BCUT2D eigenvalue weighted by Crippen LogP contribution is 2.54. The molecule has 6 aromatic rings. The van der Waals surface area contributed by atoms with Crippen molar-refractivity contribution in [1.29, 1.82) is 0 Å². The van der Waals surface area contributed by atoms with E-state index in [-0.39, 0.29) is 32.5 Å². The molecule has 0 radical (unpaired) electrons. The molecule has 0 aliphatic rings. The number of fused-ring (bicyclic) bond motifs is 3. The van der Waals surface area contributed by atoms with Gasteiger partial charge in [0.1, 0.15) is 17.5 Å². The first-order chi connectivity index (χ1) is 22.5. The molecule has 9 heteroatoms. The molecule has 0 saturated heterocycles. The summed E-state index contributed by atoms with van der Waals surface area (Å²) in [6.45, 7) is 33.3. The Morgan fingerprint density at radius 2 is 1.02 bits per heavy atom. The van der Waals surface area contributed by atoms with Gasteiger partial charge in [-0.2, -0.15) is 10.2 Å². The minimum absolute atomic E-state index is 0.00131. The average molecular weight is 713 g/mol. The van der Waals surface area contributed by atoms with Crippen LogP contribution in [0.2, 0.25) is 0 Å². The molecule has 0 aliphatic heterocycles. The Morgan fingerprint density at radius 1 is 0.469 bits per heavy atom. The SMILES string of the molecule is CC(C)(C)c1sc2cncnc2c1C(C)(C)CC(C)(C)c1sc2ncncc2c1C(C)(C)CC(C)(C)c1sc2cnncc2c1C(C)(C)C. The summed E-state index contributed by atoms with van der Waals surface area (Å²) in [7, 11) is 0. The Labute approximate surface area is 304 Å². The Morgan fingerprint density at radius 3 is 1.65 bits per heavy atom. The van der Waals surface area contributed by atoms with E-state index >= 15 is 0 Å². The lowest BCUT2D eigenvalue weighted by Gasteiger charge is -2.41. The Hall–Kier alpha value is -2.88. The van der Waals surface area contributed by atoms with E-state index in [9.17, 15) is 0 Å². The lowest BCUT2D eigenvalue weighted by molar-refractivity contribution is 0.327. The number of hydrogen-bond donors (Lipinski definition) is 0. The molecule has 260 valence electrons. The fourth-order valence-corrected chi connectivity index (χ4v) is 12.8. The highest BCUT2D eigenvalue weighted by molar-refractivity contribution is 7.20. The van der Waals surface area contributed by atoms with E-state index in [0.717, 1.165) is 27.9 Å². The van der Waals surface area contributed by atoms with Crippen molar-refractivity contribution < 1.29 is 0 Å². The largest absolute Gasteiger partial charge is 0.244 e. The van der Waals surface area contributed by atoms with E-state index in [1.54, 1.807) is 12.7 Å². The quantitative estimate of drug-likeness (QED) is 0.156. The number of rotatable bonds is 8. The number of hydrogen-bond acceptors (Lipinski definition) is 9. The first-order valence-corrected chi connectivity index (χ1v) is 19.7. The minimum Gasteiger partial charge on any atom is -0.244 e. The van der Waals surface area contributed by atoms with Gasteiger partial charge in [-0.3, -0.25) is 0 Å². The van der Waals surface area contributed by atoms with E-state index in [0.29, 0.717) is 0 Å². The van der Waals surface area contributed by atoms with Crippen LogP contribution >= 0.6 is 34.0 Å². The van der Waals surface area contributed by atoms with E-state index in [1.165, 1.54) is 46.8 Å². The lowest BCUT2D eigenvalue weighted by Crippen LogP contribution is -2.35. The summed E-state index contributed by atoms with van der Waals surface area (Å²) < 4.78 is 2.37. The van der Waals surface area contributed by atoms with E-state index in [2.05, 4.69) is 117 Å². The monoisotopic (exact) mass is 712 g/mol. The molecule has 6 rings (SSSR count). The van der Waals surface area contributed by atoms with Gasteiger partial charge in [0.15, 0.2) is 0 Å². The van der Waals surface area contributed by atoms with Crippen molar-refractivity contribution in [2.45, 2.75) is 142 Å². The first-order valence-electron chi connectivity index (χ1n) is 17.3. The molecular weight excluding hydrogens is 661 g/mol. The first kappa shape index (κ1) is 35.9. The molecule has 0 unspecified atom stereocenters. The number of thiophene rings is 3. The maximum absolute atomic E-state index is 4.86. The third-order valence-electron chi connectivity index (χ3n) is 9.91. The molecule has 0 bridgehead atoms. The van der Waals surface area contributed by atoms with Crippen molar-refractivity contribution in [3.8, 4) is 0 Å². The predicted octanol–water partition coefficient (Wildman–Crippen LogP) is 11.6. The summed E-state index contributed by atoms with van der Waals surface area (Å²) in [5, 5.41) is 10.9. The standard InChI is InChI=1S/C40H52N6S3/c1-35(2,3)27-23-16-45-46-18-25(23)47-32(27)39(11,12)19-37(7,8)28-24-15-41-22-44-34(24)49-33(28)40(13,14)20-38(9,10)29-30-26(17-42-21-43-30)48-31(29)36(4,5)6/h15-18,21-22H,19-20H2,1-14H3. The highest BCUT2D eigenvalue weighted by atomic mass is 32.1. The molecule has 6 heterocycles. The maximum atomic E-state index is 4.86. The van der Waals surface area contributed by atoms with Gasteiger partial charge >= 0.3 is 0 Å². The third kappa shape index (κ3) is 6.44. The number of nitrogens with zero attached hydrogens (tertiary/aromatic N) is 6. The molecule has 49 heavy (non-hydrogen) atoms. The van der Waals surface area contributed by atoms with Gasteiger partial charge in [-0.15, -0.1) is 34.0 Å². The van der Waals surface area contributed by atoms with Gasteiger partial charge in [-0.05, 0) is 51.2 Å². The smallest absolute Gasteiger partial charge is 0.127 e. The predicted molar refractivity (Wildman–Crippen MR) is 211 cm³/mol. The second kappa shape index (κ2) is 11.8. The average Bonchev–Trinajstić information content (AvgIpc) is 3.68. The van der Waals surface area contributed by atoms with Crippen LogP contribution < -0.4 is 0 Å². The van der Waals surface area contributed by atoms with Gasteiger partial charge in [0.25, 0.3) is 0 Å². The van der Waals surface area contributed by atoms with Gasteiger partial charge < -0.3 is 0 Å². The molecule has 0 saturated carbocycles. The van der Waals surface area contributed by atoms with Gasteiger partial charge in [0.05, 0.1) is 27.3 Å². The molecule has 0 aromatic carbocycles.